The Morgan fingerprint density at radius 1 is 1.33 bits per heavy atom. The molecule has 0 saturated carbocycles. The summed E-state index contributed by atoms with van der Waals surface area (Å²) in [5.41, 5.74) is 1.89. The summed E-state index contributed by atoms with van der Waals surface area (Å²) in [6.45, 7) is 8.64. The second-order valence-corrected chi connectivity index (χ2v) is 5.83. The lowest BCUT2D eigenvalue weighted by atomic mass is 9.99. The predicted octanol–water partition coefficient (Wildman–Crippen LogP) is 4.29. The van der Waals surface area contributed by atoms with Crippen LogP contribution in [-0.2, 0) is 6.42 Å². The normalized spacial score (nSPS) is 14.3. The second kappa shape index (κ2) is 6.29. The van der Waals surface area contributed by atoms with Gasteiger partial charge in [0.25, 0.3) is 0 Å². The minimum Gasteiger partial charge on any atom is -0.478 e. The van der Waals surface area contributed by atoms with Gasteiger partial charge in [-0.1, -0.05) is 33.3 Å². The molecule has 1 heterocycles. The molecule has 0 aliphatic rings. The predicted molar refractivity (Wildman–Crippen MR) is 84.9 cm³/mol. The van der Waals surface area contributed by atoms with Crippen molar-refractivity contribution in [3.63, 3.8) is 0 Å². The summed E-state index contributed by atoms with van der Waals surface area (Å²) >= 11 is 0. The van der Waals surface area contributed by atoms with Crippen molar-refractivity contribution in [2.24, 2.45) is 5.92 Å². The molecule has 0 saturated heterocycles. The molecular weight excluding hydrogens is 264 g/mol. The van der Waals surface area contributed by atoms with E-state index in [-0.39, 0.29) is 6.04 Å². The number of fused-ring (bicyclic) bond motifs is 1. The molecule has 114 valence electrons. The molecule has 4 heteroatoms. The number of aromatic carboxylic acids is 1. The van der Waals surface area contributed by atoms with E-state index < -0.39 is 5.97 Å². The van der Waals surface area contributed by atoms with Crippen LogP contribution in [0.1, 0.15) is 62.8 Å². The first-order valence-corrected chi connectivity index (χ1v) is 7.72. The van der Waals surface area contributed by atoms with Gasteiger partial charge in [-0.2, -0.15) is 0 Å². The molecule has 0 radical (unpaired) electrons. The minimum atomic E-state index is -0.889. The van der Waals surface area contributed by atoms with E-state index in [4.69, 9.17) is 0 Å². The highest BCUT2D eigenvalue weighted by molar-refractivity contribution is 6.01. The fourth-order valence-electron chi connectivity index (χ4n) is 2.95. The largest absolute Gasteiger partial charge is 0.478 e. The highest BCUT2D eigenvalue weighted by Gasteiger charge is 2.21. The average Bonchev–Trinajstić information content (AvgIpc) is 2.85. The summed E-state index contributed by atoms with van der Waals surface area (Å²) in [4.78, 5) is 16.2. The van der Waals surface area contributed by atoms with E-state index in [1.54, 1.807) is 12.1 Å². The van der Waals surface area contributed by atoms with E-state index >= 15 is 0 Å². The fourth-order valence-corrected chi connectivity index (χ4v) is 2.95. The van der Waals surface area contributed by atoms with Crippen molar-refractivity contribution >= 4 is 17.0 Å². The Balaban J connectivity index is 2.61. The lowest BCUT2D eigenvalue weighted by Gasteiger charge is -2.21. The summed E-state index contributed by atoms with van der Waals surface area (Å²) in [6.07, 6.45) is 2.96. The molecule has 2 aromatic rings. The van der Waals surface area contributed by atoms with Gasteiger partial charge in [-0.15, -0.1) is 0 Å². The number of hydrogen-bond donors (Lipinski definition) is 1. The van der Waals surface area contributed by atoms with Crippen molar-refractivity contribution in [1.82, 2.24) is 9.55 Å². The summed E-state index contributed by atoms with van der Waals surface area (Å²) in [6, 6.07) is 5.58. The Morgan fingerprint density at radius 2 is 2.05 bits per heavy atom. The molecule has 2 atom stereocenters. The molecule has 2 unspecified atom stereocenters. The first-order chi connectivity index (χ1) is 9.99. The van der Waals surface area contributed by atoms with Crippen LogP contribution in [0, 0.1) is 5.92 Å². The molecule has 2 rings (SSSR count). The van der Waals surface area contributed by atoms with Crippen LogP contribution in [0.25, 0.3) is 11.0 Å². The first-order valence-electron chi connectivity index (χ1n) is 7.72. The highest BCUT2D eigenvalue weighted by Crippen LogP contribution is 2.29. The van der Waals surface area contributed by atoms with Crippen LogP contribution in [0.4, 0.5) is 0 Å². The third kappa shape index (κ3) is 2.94. The van der Waals surface area contributed by atoms with Gasteiger partial charge < -0.3 is 9.67 Å². The maximum atomic E-state index is 11.5. The number of carbonyl (C=O) groups is 1. The Labute approximate surface area is 125 Å². The monoisotopic (exact) mass is 288 g/mol. The van der Waals surface area contributed by atoms with Crippen LogP contribution in [0.3, 0.4) is 0 Å². The van der Waals surface area contributed by atoms with Crippen molar-refractivity contribution in [2.45, 2.75) is 53.0 Å². The van der Waals surface area contributed by atoms with E-state index in [9.17, 15) is 9.90 Å². The Hall–Kier alpha value is -1.84. The highest BCUT2D eigenvalue weighted by atomic mass is 16.4. The van der Waals surface area contributed by atoms with Gasteiger partial charge in [0.15, 0.2) is 0 Å². The maximum absolute atomic E-state index is 11.5. The number of carboxylic acid groups (broad SMARTS) is 1. The number of rotatable bonds is 6. The molecule has 1 aromatic carbocycles. The molecule has 4 nitrogen and oxygen atoms in total. The number of para-hydroxylation sites is 1. The molecule has 0 amide bonds. The number of hydrogen-bond acceptors (Lipinski definition) is 2. The van der Waals surface area contributed by atoms with Crippen molar-refractivity contribution in [2.75, 3.05) is 0 Å². The van der Waals surface area contributed by atoms with Gasteiger partial charge in [0.2, 0.25) is 0 Å². The standard InChI is InChI=1S/C17H24N2O2/c1-5-11(3)10-12(4)19-15(6-2)18-14-9-7-8-13(16(14)19)17(20)21/h7-9,11-12H,5-6,10H2,1-4H3,(H,20,21). The van der Waals surface area contributed by atoms with Gasteiger partial charge in [-0.3, -0.25) is 0 Å². The Morgan fingerprint density at radius 3 is 2.62 bits per heavy atom. The molecule has 1 aromatic heterocycles. The number of aromatic nitrogens is 2. The molecule has 0 fully saturated rings. The number of carboxylic acids is 1. The quantitative estimate of drug-likeness (QED) is 0.862. The maximum Gasteiger partial charge on any atom is 0.337 e. The van der Waals surface area contributed by atoms with Crippen LogP contribution >= 0.6 is 0 Å². The molecule has 21 heavy (non-hydrogen) atoms. The van der Waals surface area contributed by atoms with Gasteiger partial charge in [0.1, 0.15) is 5.82 Å². The minimum absolute atomic E-state index is 0.250. The van der Waals surface area contributed by atoms with Gasteiger partial charge in [0, 0.05) is 12.5 Å². The molecule has 0 aliphatic heterocycles. The SMILES string of the molecule is CCc1nc2cccc(C(=O)O)c2n1C(C)CC(C)CC. The van der Waals surface area contributed by atoms with E-state index in [1.165, 1.54) is 0 Å². The molecule has 0 aliphatic carbocycles. The van der Waals surface area contributed by atoms with Gasteiger partial charge in [-0.25, -0.2) is 9.78 Å². The van der Waals surface area contributed by atoms with Crippen molar-refractivity contribution < 1.29 is 9.90 Å². The van der Waals surface area contributed by atoms with Crippen LogP contribution < -0.4 is 0 Å². The van der Waals surface area contributed by atoms with Crippen LogP contribution in [-0.4, -0.2) is 20.6 Å². The van der Waals surface area contributed by atoms with E-state index in [2.05, 4.69) is 37.2 Å². The number of aryl methyl sites for hydroxylation is 1. The fraction of sp³-hybridized carbons (Fsp3) is 0.529. The summed E-state index contributed by atoms with van der Waals surface area (Å²) in [5, 5.41) is 9.46. The molecule has 0 spiro atoms. The van der Waals surface area contributed by atoms with E-state index in [0.717, 1.165) is 36.1 Å². The zero-order valence-electron chi connectivity index (χ0n) is 13.3. The summed E-state index contributed by atoms with van der Waals surface area (Å²) in [7, 11) is 0. The van der Waals surface area contributed by atoms with Crippen molar-refractivity contribution in [1.29, 1.82) is 0 Å². The zero-order valence-corrected chi connectivity index (χ0v) is 13.3. The molecule has 0 bridgehead atoms. The van der Waals surface area contributed by atoms with Crippen LogP contribution in [0.15, 0.2) is 18.2 Å². The molecular formula is C17H24N2O2. The smallest absolute Gasteiger partial charge is 0.337 e. The van der Waals surface area contributed by atoms with Gasteiger partial charge in [0.05, 0.1) is 16.6 Å². The van der Waals surface area contributed by atoms with E-state index in [0.29, 0.717) is 11.5 Å². The van der Waals surface area contributed by atoms with Crippen molar-refractivity contribution in [3.05, 3.63) is 29.6 Å². The lowest BCUT2D eigenvalue weighted by Crippen LogP contribution is -2.13. The lowest BCUT2D eigenvalue weighted by molar-refractivity contribution is 0.0698. The number of imidazole rings is 1. The van der Waals surface area contributed by atoms with Crippen LogP contribution in [0.5, 0.6) is 0 Å². The third-order valence-corrected chi connectivity index (χ3v) is 4.21. The number of benzene rings is 1. The molecule has 1 N–H and O–H groups in total. The first kappa shape index (κ1) is 15.5. The zero-order chi connectivity index (χ0) is 15.6. The van der Waals surface area contributed by atoms with Crippen LogP contribution in [0.2, 0.25) is 0 Å². The number of nitrogens with zero attached hydrogens (tertiary/aromatic N) is 2. The average molecular weight is 288 g/mol. The topological polar surface area (TPSA) is 55.1 Å². The Bertz CT molecular complexity index is 646. The third-order valence-electron chi connectivity index (χ3n) is 4.21. The van der Waals surface area contributed by atoms with Gasteiger partial charge >= 0.3 is 5.97 Å². The second-order valence-electron chi connectivity index (χ2n) is 5.83. The van der Waals surface area contributed by atoms with E-state index in [1.807, 2.05) is 6.07 Å². The Kier molecular flexibility index (Phi) is 4.66. The van der Waals surface area contributed by atoms with Gasteiger partial charge in [-0.05, 0) is 31.4 Å². The summed E-state index contributed by atoms with van der Waals surface area (Å²) < 4.78 is 2.13. The van der Waals surface area contributed by atoms with Crippen molar-refractivity contribution in [3.8, 4) is 0 Å². The summed E-state index contributed by atoms with van der Waals surface area (Å²) in [5.74, 6) is 0.689.